The molecule has 1 heterocycles. The minimum absolute atomic E-state index is 0.226. The van der Waals surface area contributed by atoms with Gasteiger partial charge in [-0.25, -0.2) is 0 Å². The average molecular weight is 205 g/mol. The minimum Gasteiger partial charge on any atom is -0.508 e. The molecule has 5 nitrogen and oxygen atoms in total. The van der Waals surface area contributed by atoms with E-state index < -0.39 is 0 Å². The Balaban J connectivity index is 2.40. The third-order valence-corrected chi connectivity index (χ3v) is 2.10. The van der Waals surface area contributed by atoms with E-state index in [1.165, 1.54) is 0 Å². The van der Waals surface area contributed by atoms with Crippen molar-refractivity contribution in [3.8, 4) is 17.1 Å². The lowest BCUT2D eigenvalue weighted by Crippen LogP contribution is -1.95. The van der Waals surface area contributed by atoms with Crippen LogP contribution in [0.2, 0.25) is 0 Å². The van der Waals surface area contributed by atoms with Crippen molar-refractivity contribution in [2.24, 2.45) is 5.73 Å². The van der Waals surface area contributed by atoms with Crippen LogP contribution in [-0.4, -0.2) is 15.2 Å². The van der Waals surface area contributed by atoms with Gasteiger partial charge in [0.1, 0.15) is 5.75 Å². The van der Waals surface area contributed by atoms with E-state index in [4.69, 9.17) is 10.3 Å². The van der Waals surface area contributed by atoms with Gasteiger partial charge in [0.05, 0.1) is 6.54 Å². The van der Waals surface area contributed by atoms with Gasteiger partial charge >= 0.3 is 0 Å². The van der Waals surface area contributed by atoms with Crippen molar-refractivity contribution in [3.05, 3.63) is 29.7 Å². The first kappa shape index (κ1) is 9.67. The summed E-state index contributed by atoms with van der Waals surface area (Å²) in [5, 5.41) is 13.1. The number of phenolic OH excluding ortho intramolecular Hbond substituents is 1. The highest BCUT2D eigenvalue weighted by atomic mass is 16.5. The molecule has 0 unspecified atom stereocenters. The van der Waals surface area contributed by atoms with Crippen molar-refractivity contribution < 1.29 is 9.63 Å². The summed E-state index contributed by atoms with van der Waals surface area (Å²) in [4.78, 5) is 4.09. The lowest BCUT2D eigenvalue weighted by atomic mass is 10.1. The number of hydrogen-bond donors (Lipinski definition) is 2. The molecule has 2 aromatic rings. The molecule has 0 atom stereocenters. The molecule has 78 valence electrons. The van der Waals surface area contributed by atoms with Gasteiger partial charge in [0.2, 0.25) is 11.7 Å². The number of aryl methyl sites for hydroxylation is 1. The van der Waals surface area contributed by atoms with Crippen molar-refractivity contribution in [3.63, 3.8) is 0 Å². The van der Waals surface area contributed by atoms with Gasteiger partial charge in [-0.05, 0) is 30.7 Å². The summed E-state index contributed by atoms with van der Waals surface area (Å²) < 4.78 is 4.89. The fourth-order valence-corrected chi connectivity index (χ4v) is 1.25. The molecule has 3 N–H and O–H groups in total. The summed E-state index contributed by atoms with van der Waals surface area (Å²) in [7, 11) is 0. The van der Waals surface area contributed by atoms with Crippen LogP contribution in [0.3, 0.4) is 0 Å². The lowest BCUT2D eigenvalue weighted by Gasteiger charge is -1.99. The van der Waals surface area contributed by atoms with E-state index in [1.54, 1.807) is 18.2 Å². The molecular weight excluding hydrogens is 194 g/mol. The van der Waals surface area contributed by atoms with Crippen LogP contribution < -0.4 is 5.73 Å². The third-order valence-electron chi connectivity index (χ3n) is 2.10. The molecule has 0 aliphatic carbocycles. The molecule has 0 spiro atoms. The molecule has 1 aromatic heterocycles. The fraction of sp³-hybridized carbons (Fsp3) is 0.200. The number of hydrogen-bond acceptors (Lipinski definition) is 5. The summed E-state index contributed by atoms with van der Waals surface area (Å²) in [6.07, 6.45) is 0. The van der Waals surface area contributed by atoms with E-state index >= 15 is 0 Å². The maximum atomic E-state index is 9.36. The minimum atomic E-state index is 0.226. The van der Waals surface area contributed by atoms with Crippen molar-refractivity contribution in [1.82, 2.24) is 10.1 Å². The molecule has 0 aliphatic rings. The number of nitrogens with two attached hydrogens (primary N) is 1. The van der Waals surface area contributed by atoms with Crippen molar-refractivity contribution in [1.29, 1.82) is 0 Å². The van der Waals surface area contributed by atoms with E-state index in [9.17, 15) is 5.11 Å². The lowest BCUT2D eigenvalue weighted by molar-refractivity contribution is 0.380. The highest BCUT2D eigenvalue weighted by Gasteiger charge is 2.08. The van der Waals surface area contributed by atoms with Crippen molar-refractivity contribution >= 4 is 0 Å². The molecule has 5 heteroatoms. The van der Waals surface area contributed by atoms with Gasteiger partial charge in [0, 0.05) is 5.56 Å². The Morgan fingerprint density at radius 3 is 2.87 bits per heavy atom. The topological polar surface area (TPSA) is 85.2 Å². The summed E-state index contributed by atoms with van der Waals surface area (Å²) in [6.45, 7) is 2.03. The quantitative estimate of drug-likeness (QED) is 0.769. The first-order valence-electron chi connectivity index (χ1n) is 4.53. The molecule has 0 fully saturated rings. The zero-order valence-corrected chi connectivity index (χ0v) is 8.27. The molecule has 15 heavy (non-hydrogen) atoms. The number of phenols is 1. The molecule has 0 saturated heterocycles. The summed E-state index contributed by atoms with van der Waals surface area (Å²) in [6, 6.07) is 5.12. The van der Waals surface area contributed by atoms with E-state index in [2.05, 4.69) is 10.1 Å². The van der Waals surface area contributed by atoms with Gasteiger partial charge in [-0.3, -0.25) is 0 Å². The first-order chi connectivity index (χ1) is 7.20. The summed E-state index contributed by atoms with van der Waals surface area (Å²) in [5.74, 6) is 1.13. The molecule has 2 rings (SSSR count). The largest absolute Gasteiger partial charge is 0.508 e. The van der Waals surface area contributed by atoms with Crippen LogP contribution in [0.1, 0.15) is 11.5 Å². The van der Waals surface area contributed by atoms with E-state index in [0.29, 0.717) is 11.7 Å². The Morgan fingerprint density at radius 1 is 1.47 bits per heavy atom. The van der Waals surface area contributed by atoms with Crippen molar-refractivity contribution in [2.45, 2.75) is 13.5 Å². The van der Waals surface area contributed by atoms with Crippen LogP contribution in [0.4, 0.5) is 0 Å². The molecule has 0 radical (unpaired) electrons. The van der Waals surface area contributed by atoms with Crippen LogP contribution in [-0.2, 0) is 6.54 Å². The predicted molar refractivity (Wildman–Crippen MR) is 54.0 cm³/mol. The molecule has 0 saturated carbocycles. The second kappa shape index (κ2) is 3.70. The van der Waals surface area contributed by atoms with Gasteiger partial charge < -0.3 is 15.4 Å². The van der Waals surface area contributed by atoms with Gasteiger partial charge in [0.25, 0.3) is 0 Å². The number of aromatic hydroxyl groups is 1. The number of benzene rings is 1. The molecule has 0 bridgehead atoms. The molecule has 1 aromatic carbocycles. The smallest absolute Gasteiger partial charge is 0.240 e. The van der Waals surface area contributed by atoms with E-state index in [0.717, 1.165) is 11.1 Å². The average Bonchev–Trinajstić information content (AvgIpc) is 2.70. The van der Waals surface area contributed by atoms with Crippen molar-refractivity contribution in [2.75, 3.05) is 0 Å². The number of rotatable bonds is 2. The van der Waals surface area contributed by atoms with E-state index in [-0.39, 0.29) is 12.3 Å². The Morgan fingerprint density at radius 2 is 2.27 bits per heavy atom. The van der Waals surface area contributed by atoms with Gasteiger partial charge in [-0.2, -0.15) is 4.98 Å². The van der Waals surface area contributed by atoms with Crippen LogP contribution in [0.25, 0.3) is 11.4 Å². The monoisotopic (exact) mass is 205 g/mol. The third kappa shape index (κ3) is 1.82. The second-order valence-electron chi connectivity index (χ2n) is 3.22. The molecule has 0 amide bonds. The van der Waals surface area contributed by atoms with Gasteiger partial charge in [-0.1, -0.05) is 5.16 Å². The Kier molecular flexibility index (Phi) is 2.39. The standard InChI is InChI=1S/C10H11N3O2/c1-6-4-7(2-3-8(6)14)10-12-9(5-11)15-13-10/h2-4,14H,5,11H2,1H3. The summed E-state index contributed by atoms with van der Waals surface area (Å²) >= 11 is 0. The molecular formula is C10H11N3O2. The molecule has 0 aliphatic heterocycles. The highest BCUT2D eigenvalue weighted by Crippen LogP contribution is 2.23. The highest BCUT2D eigenvalue weighted by molar-refractivity contribution is 5.57. The Labute approximate surface area is 86.5 Å². The van der Waals surface area contributed by atoms with Crippen LogP contribution in [0.15, 0.2) is 22.7 Å². The van der Waals surface area contributed by atoms with Crippen LogP contribution in [0, 0.1) is 6.92 Å². The van der Waals surface area contributed by atoms with E-state index in [1.807, 2.05) is 6.92 Å². The Bertz CT molecular complexity index is 479. The first-order valence-corrected chi connectivity index (χ1v) is 4.53. The Hall–Kier alpha value is -1.88. The maximum Gasteiger partial charge on any atom is 0.240 e. The number of aromatic nitrogens is 2. The second-order valence-corrected chi connectivity index (χ2v) is 3.22. The van der Waals surface area contributed by atoms with Crippen LogP contribution in [0.5, 0.6) is 5.75 Å². The summed E-state index contributed by atoms with van der Waals surface area (Å²) in [5.41, 5.74) is 6.93. The van der Waals surface area contributed by atoms with Gasteiger partial charge in [0.15, 0.2) is 0 Å². The zero-order valence-electron chi connectivity index (χ0n) is 8.27. The number of nitrogens with zero attached hydrogens (tertiary/aromatic N) is 2. The van der Waals surface area contributed by atoms with Gasteiger partial charge in [-0.15, -0.1) is 0 Å². The fourth-order valence-electron chi connectivity index (χ4n) is 1.25. The normalized spacial score (nSPS) is 10.5. The maximum absolute atomic E-state index is 9.36. The predicted octanol–water partition coefficient (Wildman–Crippen LogP) is 1.21. The SMILES string of the molecule is Cc1cc(-c2noc(CN)n2)ccc1O. The van der Waals surface area contributed by atoms with Crippen LogP contribution >= 0.6 is 0 Å². The zero-order chi connectivity index (χ0) is 10.8.